The molecule has 1 aliphatic heterocycles. The van der Waals surface area contributed by atoms with Crippen LogP contribution in [0.3, 0.4) is 0 Å². The van der Waals surface area contributed by atoms with Crippen LogP contribution in [0, 0.1) is 0 Å². The Morgan fingerprint density at radius 1 is 1.06 bits per heavy atom. The Labute approximate surface area is 193 Å². The Balaban J connectivity index is 1.78. The van der Waals surface area contributed by atoms with Gasteiger partial charge in [-0.2, -0.15) is 0 Å². The van der Waals surface area contributed by atoms with Gasteiger partial charge in [-0.15, -0.1) is 0 Å². The van der Waals surface area contributed by atoms with E-state index in [1.807, 2.05) is 24.3 Å². The lowest BCUT2D eigenvalue weighted by Crippen LogP contribution is -2.44. The minimum absolute atomic E-state index is 0.401. The predicted octanol–water partition coefficient (Wildman–Crippen LogP) is 2.02. The fourth-order valence-electron chi connectivity index (χ4n) is 3.25. The molecule has 33 heavy (non-hydrogen) atoms. The highest BCUT2D eigenvalue weighted by Gasteiger charge is 2.34. The van der Waals surface area contributed by atoms with Gasteiger partial charge in [-0.3, -0.25) is 14.4 Å². The number of carbonyl (C=O) groups is 4. The van der Waals surface area contributed by atoms with E-state index in [0.717, 1.165) is 0 Å². The van der Waals surface area contributed by atoms with Crippen molar-refractivity contribution in [1.29, 1.82) is 0 Å². The minimum atomic E-state index is -1.48. The molecule has 1 heterocycles. The monoisotopic (exact) mass is 469 g/mol. The lowest BCUT2D eigenvalue weighted by molar-refractivity contribution is -0.132. The van der Waals surface area contributed by atoms with Crippen molar-refractivity contribution in [2.75, 3.05) is 25.6 Å². The number of hydrogen-bond acceptors (Lipinski definition) is 6. The highest BCUT2D eigenvalue weighted by atomic mass is 28.3. The summed E-state index contributed by atoms with van der Waals surface area (Å²) in [6.07, 6.45) is -0.886. The summed E-state index contributed by atoms with van der Waals surface area (Å²) in [5.74, 6) is -1.16. The molecule has 10 heteroatoms. The third-order valence-electron chi connectivity index (χ3n) is 5.18. The average Bonchev–Trinajstić information content (AvgIpc) is 3.09. The van der Waals surface area contributed by atoms with Crippen molar-refractivity contribution < 1.29 is 28.7 Å². The first kappa shape index (κ1) is 24.0. The molecule has 3 rings (SSSR count). The second-order valence-corrected chi connectivity index (χ2v) is 13.7. The van der Waals surface area contributed by atoms with E-state index in [2.05, 4.69) is 35.0 Å². The van der Waals surface area contributed by atoms with Crippen molar-refractivity contribution in [3.05, 3.63) is 54.1 Å². The molecule has 0 aromatic heterocycles. The van der Waals surface area contributed by atoms with E-state index in [1.165, 1.54) is 12.3 Å². The standard InChI is InChI=1S/C23H27N3O6Si/c1-31-17-9-5-15(6-10-17)21(25-19(27)13-26-20(28)14-32-23(26)30)22(29)24-16-7-11-18(12-8-16)33(2,3)4/h5-12,21H,13-14H2,1-4H3,(H,24,29)(H,25,27). The molecule has 4 amide bonds. The van der Waals surface area contributed by atoms with E-state index in [9.17, 15) is 19.2 Å². The summed E-state index contributed by atoms with van der Waals surface area (Å²) in [4.78, 5) is 49.8. The minimum Gasteiger partial charge on any atom is -0.497 e. The second kappa shape index (κ2) is 9.86. The van der Waals surface area contributed by atoms with Crippen LogP contribution < -0.4 is 20.6 Å². The van der Waals surface area contributed by atoms with E-state index < -0.39 is 51.1 Å². The summed E-state index contributed by atoms with van der Waals surface area (Å²) in [6, 6.07) is 13.3. The van der Waals surface area contributed by atoms with Gasteiger partial charge in [-0.05, 0) is 29.8 Å². The van der Waals surface area contributed by atoms with Gasteiger partial charge in [0.15, 0.2) is 6.61 Å². The van der Waals surface area contributed by atoms with Crippen molar-refractivity contribution in [3.8, 4) is 5.75 Å². The zero-order chi connectivity index (χ0) is 24.2. The predicted molar refractivity (Wildman–Crippen MR) is 125 cm³/mol. The van der Waals surface area contributed by atoms with Crippen LogP contribution in [-0.4, -0.2) is 57.0 Å². The maximum atomic E-state index is 13.1. The number of amides is 4. The van der Waals surface area contributed by atoms with Crippen LogP contribution in [-0.2, 0) is 19.1 Å². The van der Waals surface area contributed by atoms with E-state index in [0.29, 0.717) is 21.9 Å². The van der Waals surface area contributed by atoms with Crippen molar-refractivity contribution in [1.82, 2.24) is 10.2 Å². The first-order chi connectivity index (χ1) is 15.6. The highest BCUT2D eigenvalue weighted by molar-refractivity contribution is 6.88. The summed E-state index contributed by atoms with van der Waals surface area (Å²) >= 11 is 0. The van der Waals surface area contributed by atoms with E-state index in [4.69, 9.17) is 4.74 Å². The summed E-state index contributed by atoms with van der Waals surface area (Å²) in [5.41, 5.74) is 1.10. The Bertz CT molecular complexity index is 1030. The number of hydrogen-bond donors (Lipinski definition) is 2. The molecule has 9 nitrogen and oxygen atoms in total. The zero-order valence-corrected chi connectivity index (χ0v) is 20.0. The van der Waals surface area contributed by atoms with Gasteiger partial charge >= 0.3 is 6.09 Å². The number of rotatable bonds is 8. The SMILES string of the molecule is COc1ccc(C(NC(=O)CN2C(=O)COC2=O)C(=O)Nc2ccc([Si](C)(C)C)cc2)cc1. The van der Waals surface area contributed by atoms with Gasteiger partial charge in [0.05, 0.1) is 15.2 Å². The lowest BCUT2D eigenvalue weighted by atomic mass is 10.1. The Morgan fingerprint density at radius 2 is 1.70 bits per heavy atom. The molecule has 1 atom stereocenters. The Morgan fingerprint density at radius 3 is 2.21 bits per heavy atom. The van der Waals surface area contributed by atoms with Crippen LogP contribution in [0.25, 0.3) is 0 Å². The van der Waals surface area contributed by atoms with Crippen molar-refractivity contribution >= 4 is 42.8 Å². The topological polar surface area (TPSA) is 114 Å². The number of imide groups is 1. The van der Waals surface area contributed by atoms with E-state index in [1.54, 1.807) is 24.3 Å². The number of nitrogens with zero attached hydrogens (tertiary/aromatic N) is 1. The molecule has 2 N–H and O–H groups in total. The molecule has 0 radical (unpaired) electrons. The number of carbonyl (C=O) groups excluding carboxylic acids is 4. The molecule has 174 valence electrons. The van der Waals surface area contributed by atoms with Crippen LogP contribution >= 0.6 is 0 Å². The van der Waals surface area contributed by atoms with Crippen molar-refractivity contribution in [2.45, 2.75) is 25.7 Å². The Kier molecular flexibility index (Phi) is 7.17. The molecule has 2 aromatic carbocycles. The first-order valence-electron chi connectivity index (χ1n) is 10.4. The van der Waals surface area contributed by atoms with Crippen LogP contribution in [0.15, 0.2) is 48.5 Å². The molecule has 0 aliphatic carbocycles. The molecule has 2 aromatic rings. The maximum Gasteiger partial charge on any atom is 0.417 e. The van der Waals surface area contributed by atoms with Gasteiger partial charge in [-0.1, -0.05) is 49.1 Å². The fourth-order valence-corrected chi connectivity index (χ4v) is 4.42. The smallest absolute Gasteiger partial charge is 0.417 e. The number of nitrogens with one attached hydrogen (secondary N) is 2. The molecular formula is C23H27N3O6Si. The van der Waals surface area contributed by atoms with Crippen LogP contribution in [0.1, 0.15) is 11.6 Å². The maximum absolute atomic E-state index is 13.1. The molecule has 0 bridgehead atoms. The molecule has 1 aliphatic rings. The summed E-state index contributed by atoms with van der Waals surface area (Å²) in [6.45, 7) is 5.76. The number of methoxy groups -OCH3 is 1. The normalized spacial score (nSPS) is 14.5. The molecular weight excluding hydrogens is 442 g/mol. The molecule has 1 unspecified atom stereocenters. The van der Waals surface area contributed by atoms with Gasteiger partial charge in [-0.25, -0.2) is 9.69 Å². The highest BCUT2D eigenvalue weighted by Crippen LogP contribution is 2.20. The second-order valence-electron chi connectivity index (χ2n) is 8.62. The first-order valence-corrected chi connectivity index (χ1v) is 13.9. The molecule has 0 spiro atoms. The van der Waals surface area contributed by atoms with Gasteiger partial charge in [0, 0.05) is 5.69 Å². The van der Waals surface area contributed by atoms with Crippen LogP contribution in [0.2, 0.25) is 19.6 Å². The third kappa shape index (κ3) is 5.98. The average molecular weight is 470 g/mol. The van der Waals surface area contributed by atoms with Crippen LogP contribution in [0.4, 0.5) is 10.5 Å². The molecule has 1 fully saturated rings. The Hall–Kier alpha value is -3.66. The van der Waals surface area contributed by atoms with Gasteiger partial charge < -0.3 is 20.1 Å². The van der Waals surface area contributed by atoms with Gasteiger partial charge in [0.25, 0.3) is 11.8 Å². The third-order valence-corrected chi connectivity index (χ3v) is 7.24. The van der Waals surface area contributed by atoms with E-state index in [-0.39, 0.29) is 0 Å². The summed E-state index contributed by atoms with van der Waals surface area (Å²) < 4.78 is 9.78. The molecule has 0 saturated carbocycles. The van der Waals surface area contributed by atoms with Gasteiger partial charge in [0.1, 0.15) is 18.3 Å². The summed E-state index contributed by atoms with van der Waals surface area (Å²) in [5, 5.41) is 6.68. The number of benzene rings is 2. The van der Waals surface area contributed by atoms with Gasteiger partial charge in [0.2, 0.25) is 5.91 Å². The summed E-state index contributed by atoms with van der Waals surface area (Å²) in [7, 11) is 0.0427. The van der Waals surface area contributed by atoms with E-state index >= 15 is 0 Å². The van der Waals surface area contributed by atoms with Crippen LogP contribution in [0.5, 0.6) is 5.75 Å². The molecule has 1 saturated heterocycles. The number of ether oxygens (including phenoxy) is 2. The zero-order valence-electron chi connectivity index (χ0n) is 19.0. The van der Waals surface area contributed by atoms with Crippen molar-refractivity contribution in [2.24, 2.45) is 0 Å². The van der Waals surface area contributed by atoms with Crippen molar-refractivity contribution in [3.63, 3.8) is 0 Å². The lowest BCUT2D eigenvalue weighted by Gasteiger charge is -2.21. The fraction of sp³-hybridized carbons (Fsp3) is 0.304. The number of cyclic esters (lactones) is 1. The number of anilines is 1. The quantitative estimate of drug-likeness (QED) is 0.572. The largest absolute Gasteiger partial charge is 0.497 e.